The second-order valence-corrected chi connectivity index (χ2v) is 7.63. The summed E-state index contributed by atoms with van der Waals surface area (Å²) in [6, 6.07) is 6.51. The van der Waals surface area contributed by atoms with Crippen LogP contribution < -0.4 is 22.1 Å². The molecule has 0 bridgehead atoms. The normalized spacial score (nSPS) is 17.9. The molecule has 2 aliphatic rings. The Morgan fingerprint density at radius 3 is 2.68 bits per heavy atom. The third-order valence-electron chi connectivity index (χ3n) is 5.72. The van der Waals surface area contributed by atoms with E-state index in [1.165, 1.54) is 0 Å². The van der Waals surface area contributed by atoms with Crippen LogP contribution in [0.1, 0.15) is 43.0 Å². The topological polar surface area (TPSA) is 152 Å². The summed E-state index contributed by atoms with van der Waals surface area (Å²) in [4.78, 5) is 43.4. The average Bonchev–Trinajstić information content (AvgIpc) is 3.30. The lowest BCUT2D eigenvalue weighted by Crippen LogP contribution is -2.45. The number of nitrogens with one attached hydrogen (secondary N) is 2. The fourth-order valence-electron chi connectivity index (χ4n) is 4.11. The van der Waals surface area contributed by atoms with Crippen LogP contribution in [-0.4, -0.2) is 54.2 Å². The maximum atomic E-state index is 12.6. The lowest BCUT2D eigenvalue weighted by Gasteiger charge is -2.33. The maximum Gasteiger partial charge on any atom is 0.265 e. The highest BCUT2D eigenvalue weighted by atomic mass is 16.6. The number of oxime groups is 1. The van der Waals surface area contributed by atoms with Gasteiger partial charge in [0.05, 0.1) is 11.2 Å². The number of amides is 3. The molecule has 1 saturated carbocycles. The molecular formula is C21H28N6O4. The smallest absolute Gasteiger partial charge is 0.265 e. The van der Waals surface area contributed by atoms with E-state index in [2.05, 4.69) is 15.8 Å². The van der Waals surface area contributed by atoms with Gasteiger partial charge in [0.2, 0.25) is 0 Å². The summed E-state index contributed by atoms with van der Waals surface area (Å²) in [7, 11) is 1.71. The van der Waals surface area contributed by atoms with Gasteiger partial charge in [0.15, 0.2) is 12.4 Å². The fraction of sp³-hybridized carbons (Fsp3) is 0.429. The van der Waals surface area contributed by atoms with Crippen molar-refractivity contribution in [3.8, 4) is 0 Å². The minimum atomic E-state index is -0.501. The zero-order valence-corrected chi connectivity index (χ0v) is 17.7. The van der Waals surface area contributed by atoms with Crippen molar-refractivity contribution < 1.29 is 19.2 Å². The Kier molecular flexibility index (Phi) is 6.47. The van der Waals surface area contributed by atoms with Crippen LogP contribution in [0.4, 0.5) is 5.69 Å². The van der Waals surface area contributed by atoms with Crippen LogP contribution in [0.5, 0.6) is 0 Å². The number of benzene rings is 1. The monoisotopic (exact) mass is 428 g/mol. The molecule has 0 atom stereocenters. The highest BCUT2D eigenvalue weighted by Crippen LogP contribution is 2.44. The summed E-state index contributed by atoms with van der Waals surface area (Å²) >= 11 is 0. The van der Waals surface area contributed by atoms with E-state index >= 15 is 0 Å². The van der Waals surface area contributed by atoms with Gasteiger partial charge < -0.3 is 31.8 Å². The molecule has 10 heteroatoms. The highest BCUT2D eigenvalue weighted by molar-refractivity contribution is 6.22. The van der Waals surface area contributed by atoms with Crippen molar-refractivity contribution in [3.63, 3.8) is 0 Å². The number of hydrogen-bond acceptors (Lipinski definition) is 6. The third kappa shape index (κ3) is 4.32. The molecule has 3 rings (SSSR count). The van der Waals surface area contributed by atoms with Crippen molar-refractivity contribution in [1.82, 2.24) is 10.2 Å². The molecule has 1 heterocycles. The zero-order valence-electron chi connectivity index (χ0n) is 17.7. The second kappa shape index (κ2) is 9.07. The van der Waals surface area contributed by atoms with Gasteiger partial charge in [-0.25, -0.2) is 0 Å². The Hall–Kier alpha value is -3.56. The first-order valence-corrected chi connectivity index (χ1v) is 10.2. The SMILES string of the molecule is CCNC(=O)c1cccc(NC(=O)CO/N=C(/N)C2=C(N)C3(CCCC3)N(C)C2=O)c1. The molecule has 1 aromatic carbocycles. The van der Waals surface area contributed by atoms with Gasteiger partial charge in [0.1, 0.15) is 5.57 Å². The Morgan fingerprint density at radius 2 is 2.00 bits per heavy atom. The summed E-state index contributed by atoms with van der Waals surface area (Å²) in [5, 5.41) is 9.04. The van der Waals surface area contributed by atoms with Crippen molar-refractivity contribution in [2.45, 2.75) is 38.1 Å². The van der Waals surface area contributed by atoms with Crippen LogP contribution in [0.2, 0.25) is 0 Å². The molecule has 166 valence electrons. The number of amidine groups is 1. The molecule has 0 unspecified atom stereocenters. The fourth-order valence-corrected chi connectivity index (χ4v) is 4.11. The standard InChI is InChI=1S/C21H28N6O4/c1-3-24-19(29)13-7-6-8-14(11-13)25-15(28)12-31-26-18(23)16-17(22)21(9-4-5-10-21)27(2)20(16)30/h6-8,11H,3-5,9-10,12,22H2,1-2H3,(H2,23,26)(H,24,29)(H,25,28). The lowest BCUT2D eigenvalue weighted by molar-refractivity contribution is -0.127. The van der Waals surface area contributed by atoms with Crippen LogP contribution in [0.3, 0.4) is 0 Å². The Labute approximate surface area is 180 Å². The third-order valence-corrected chi connectivity index (χ3v) is 5.72. The van der Waals surface area contributed by atoms with E-state index in [1.807, 2.05) is 6.92 Å². The number of nitrogens with two attached hydrogens (primary N) is 2. The van der Waals surface area contributed by atoms with E-state index in [4.69, 9.17) is 16.3 Å². The van der Waals surface area contributed by atoms with E-state index < -0.39 is 18.1 Å². The van der Waals surface area contributed by atoms with Gasteiger partial charge in [-0.05, 0) is 38.0 Å². The highest BCUT2D eigenvalue weighted by Gasteiger charge is 2.51. The molecule has 10 nitrogen and oxygen atoms in total. The zero-order chi connectivity index (χ0) is 22.6. The van der Waals surface area contributed by atoms with Crippen molar-refractivity contribution in [2.75, 3.05) is 25.5 Å². The first-order valence-electron chi connectivity index (χ1n) is 10.2. The summed E-state index contributed by atoms with van der Waals surface area (Å²) in [6.45, 7) is 1.90. The van der Waals surface area contributed by atoms with Gasteiger partial charge in [-0.1, -0.05) is 24.1 Å². The van der Waals surface area contributed by atoms with E-state index in [0.29, 0.717) is 23.5 Å². The van der Waals surface area contributed by atoms with Crippen LogP contribution in [0.25, 0.3) is 0 Å². The first-order chi connectivity index (χ1) is 14.8. The van der Waals surface area contributed by atoms with E-state index in [1.54, 1.807) is 36.2 Å². The van der Waals surface area contributed by atoms with Crippen LogP contribution >= 0.6 is 0 Å². The van der Waals surface area contributed by atoms with Gasteiger partial charge in [-0.2, -0.15) is 0 Å². The average molecular weight is 428 g/mol. The molecule has 0 saturated heterocycles. The Bertz CT molecular complexity index is 949. The van der Waals surface area contributed by atoms with Crippen molar-refractivity contribution in [2.24, 2.45) is 16.6 Å². The second-order valence-electron chi connectivity index (χ2n) is 7.63. The molecule has 3 amide bonds. The molecule has 1 fully saturated rings. The van der Waals surface area contributed by atoms with Gasteiger partial charge in [0, 0.05) is 24.8 Å². The molecule has 1 aliphatic heterocycles. The lowest BCUT2D eigenvalue weighted by atomic mass is 9.93. The summed E-state index contributed by atoms with van der Waals surface area (Å²) in [5.41, 5.74) is 13.2. The molecule has 0 radical (unpaired) electrons. The van der Waals surface area contributed by atoms with Crippen LogP contribution in [0, 0.1) is 0 Å². The Balaban J connectivity index is 1.61. The Morgan fingerprint density at radius 1 is 1.29 bits per heavy atom. The van der Waals surface area contributed by atoms with Crippen LogP contribution in [0.15, 0.2) is 40.7 Å². The van der Waals surface area contributed by atoms with Gasteiger partial charge >= 0.3 is 0 Å². The first kappa shape index (κ1) is 22.1. The largest absolute Gasteiger partial charge is 0.399 e. The van der Waals surface area contributed by atoms with E-state index in [9.17, 15) is 14.4 Å². The van der Waals surface area contributed by atoms with Gasteiger partial charge in [-0.3, -0.25) is 14.4 Å². The van der Waals surface area contributed by atoms with Crippen molar-refractivity contribution >= 4 is 29.2 Å². The van der Waals surface area contributed by atoms with E-state index in [0.717, 1.165) is 25.7 Å². The number of hydrogen-bond donors (Lipinski definition) is 4. The summed E-state index contributed by atoms with van der Waals surface area (Å²) in [5.74, 6) is -1.17. The number of carbonyl (C=O) groups is 3. The molecule has 6 N–H and O–H groups in total. The predicted molar refractivity (Wildman–Crippen MR) is 116 cm³/mol. The minimum absolute atomic E-state index is 0.138. The maximum absolute atomic E-state index is 12.6. The molecule has 1 aromatic rings. The molecule has 31 heavy (non-hydrogen) atoms. The quantitative estimate of drug-likeness (QED) is 0.284. The molecule has 1 spiro atoms. The molecule has 1 aliphatic carbocycles. The van der Waals surface area contributed by atoms with Gasteiger partial charge in [0.25, 0.3) is 17.7 Å². The number of nitrogens with zero attached hydrogens (tertiary/aromatic N) is 2. The van der Waals surface area contributed by atoms with Gasteiger partial charge in [-0.15, -0.1) is 0 Å². The number of anilines is 1. The van der Waals surface area contributed by atoms with E-state index in [-0.39, 0.29) is 23.2 Å². The number of rotatable bonds is 7. The van der Waals surface area contributed by atoms with Crippen LogP contribution in [-0.2, 0) is 14.4 Å². The minimum Gasteiger partial charge on any atom is -0.399 e. The summed E-state index contributed by atoms with van der Waals surface area (Å²) in [6.07, 6.45) is 3.55. The summed E-state index contributed by atoms with van der Waals surface area (Å²) < 4.78 is 0. The number of carbonyl (C=O) groups excluding carboxylic acids is 3. The molecular weight excluding hydrogens is 400 g/mol. The predicted octanol–water partition coefficient (Wildman–Crippen LogP) is 0.661. The molecule has 0 aromatic heterocycles. The number of likely N-dealkylation sites (N-methyl/N-ethyl adjacent to an activating group) is 1. The van der Waals surface area contributed by atoms with Crippen molar-refractivity contribution in [3.05, 3.63) is 41.1 Å². The van der Waals surface area contributed by atoms with Crippen molar-refractivity contribution in [1.29, 1.82) is 0 Å².